The Labute approximate surface area is 165 Å². The van der Waals surface area contributed by atoms with Crippen molar-refractivity contribution in [3.63, 3.8) is 0 Å². The molecule has 1 saturated heterocycles. The van der Waals surface area contributed by atoms with Crippen LogP contribution < -0.4 is 9.64 Å². The standard InChI is InChI=1S/C19H20F3N5O2/c1-11-24-15-10-27(9-14(15)18(25-11)29-2)17(28)5-12-7-26(8-12)13-3-4-16(23-6-13)19(20,21)22/h3-4,6,12H,5,7-10H2,1-2H3. The van der Waals surface area contributed by atoms with Crippen LogP contribution >= 0.6 is 0 Å². The predicted molar refractivity (Wildman–Crippen MR) is 97.1 cm³/mol. The molecule has 4 rings (SSSR count). The summed E-state index contributed by atoms with van der Waals surface area (Å²) in [6, 6.07) is 2.39. The predicted octanol–water partition coefficient (Wildman–Crippen LogP) is 2.58. The Kier molecular flexibility index (Phi) is 4.79. The topological polar surface area (TPSA) is 71.5 Å². The van der Waals surface area contributed by atoms with Gasteiger partial charge in [0.1, 0.15) is 11.5 Å². The third-order valence-corrected chi connectivity index (χ3v) is 5.23. The van der Waals surface area contributed by atoms with E-state index in [4.69, 9.17) is 4.74 Å². The number of rotatable bonds is 4. The summed E-state index contributed by atoms with van der Waals surface area (Å²) < 4.78 is 43.1. The van der Waals surface area contributed by atoms with Crippen molar-refractivity contribution in [3.8, 4) is 5.88 Å². The fraction of sp³-hybridized carbons (Fsp3) is 0.474. The molecule has 1 fully saturated rings. The van der Waals surface area contributed by atoms with Crippen LogP contribution in [0, 0.1) is 12.8 Å². The lowest BCUT2D eigenvalue weighted by molar-refractivity contribution is -0.141. The van der Waals surface area contributed by atoms with Gasteiger partial charge in [-0.25, -0.2) is 9.97 Å². The third kappa shape index (κ3) is 3.83. The van der Waals surface area contributed by atoms with Gasteiger partial charge in [-0.2, -0.15) is 18.2 Å². The highest BCUT2D eigenvalue weighted by molar-refractivity contribution is 5.77. The van der Waals surface area contributed by atoms with E-state index in [1.54, 1.807) is 18.9 Å². The van der Waals surface area contributed by atoms with Crippen LogP contribution in [0.2, 0.25) is 0 Å². The molecule has 29 heavy (non-hydrogen) atoms. The maximum Gasteiger partial charge on any atom is 0.433 e. The molecule has 0 N–H and O–H groups in total. The van der Waals surface area contributed by atoms with E-state index in [9.17, 15) is 18.0 Å². The van der Waals surface area contributed by atoms with Crippen LogP contribution in [0.4, 0.5) is 18.9 Å². The highest BCUT2D eigenvalue weighted by Crippen LogP contribution is 2.33. The zero-order valence-electron chi connectivity index (χ0n) is 16.0. The molecule has 154 valence electrons. The Bertz CT molecular complexity index is 927. The molecule has 1 amide bonds. The quantitative estimate of drug-likeness (QED) is 0.776. The Hall–Kier alpha value is -2.91. The lowest BCUT2D eigenvalue weighted by Gasteiger charge is -2.41. The number of halogens is 3. The summed E-state index contributed by atoms with van der Waals surface area (Å²) >= 11 is 0. The van der Waals surface area contributed by atoms with Gasteiger partial charge in [0.15, 0.2) is 0 Å². The van der Waals surface area contributed by atoms with Gasteiger partial charge in [-0.15, -0.1) is 0 Å². The number of fused-ring (bicyclic) bond motifs is 1. The zero-order chi connectivity index (χ0) is 20.8. The number of aromatic nitrogens is 3. The molecule has 7 nitrogen and oxygen atoms in total. The largest absolute Gasteiger partial charge is 0.481 e. The number of amides is 1. The van der Waals surface area contributed by atoms with E-state index in [0.717, 1.165) is 17.3 Å². The Balaban J connectivity index is 1.31. The van der Waals surface area contributed by atoms with Crippen molar-refractivity contribution in [2.45, 2.75) is 32.6 Å². The second-order valence-electron chi connectivity index (χ2n) is 7.33. The lowest BCUT2D eigenvalue weighted by atomic mass is 9.95. The van der Waals surface area contributed by atoms with E-state index in [-0.39, 0.29) is 11.8 Å². The summed E-state index contributed by atoms with van der Waals surface area (Å²) in [5.74, 6) is 1.29. The molecule has 2 aliphatic heterocycles. The monoisotopic (exact) mass is 407 g/mol. The van der Waals surface area contributed by atoms with Crippen LogP contribution in [0.1, 0.15) is 29.2 Å². The second kappa shape index (κ2) is 7.16. The summed E-state index contributed by atoms with van der Waals surface area (Å²) in [4.78, 5) is 28.5. The van der Waals surface area contributed by atoms with Crippen LogP contribution in [-0.2, 0) is 24.1 Å². The number of hydrogen-bond donors (Lipinski definition) is 0. The molecule has 4 heterocycles. The zero-order valence-corrected chi connectivity index (χ0v) is 16.0. The molecule has 0 aliphatic carbocycles. The number of carbonyl (C=O) groups excluding carboxylic acids is 1. The molecule has 0 saturated carbocycles. The van der Waals surface area contributed by atoms with E-state index >= 15 is 0 Å². The molecule has 0 bridgehead atoms. The van der Waals surface area contributed by atoms with Crippen molar-refractivity contribution in [1.29, 1.82) is 0 Å². The van der Waals surface area contributed by atoms with E-state index in [0.29, 0.717) is 50.0 Å². The van der Waals surface area contributed by atoms with Crippen LogP contribution in [0.25, 0.3) is 0 Å². The number of pyridine rings is 1. The molecule has 0 radical (unpaired) electrons. The fourth-order valence-electron chi connectivity index (χ4n) is 3.71. The summed E-state index contributed by atoms with van der Waals surface area (Å²) in [5, 5.41) is 0. The molecule has 0 atom stereocenters. The highest BCUT2D eigenvalue weighted by Gasteiger charge is 2.35. The van der Waals surface area contributed by atoms with E-state index in [1.165, 1.54) is 12.3 Å². The Morgan fingerprint density at radius 3 is 2.62 bits per heavy atom. The molecular formula is C19H20F3N5O2. The number of alkyl halides is 3. The van der Waals surface area contributed by atoms with Gasteiger partial charge >= 0.3 is 6.18 Å². The number of hydrogen-bond acceptors (Lipinski definition) is 6. The molecule has 0 aromatic carbocycles. The van der Waals surface area contributed by atoms with Gasteiger partial charge in [-0.1, -0.05) is 0 Å². The molecule has 2 aromatic heterocycles. The molecule has 2 aliphatic rings. The SMILES string of the molecule is COc1nc(C)nc2c1CN(C(=O)CC1CN(c3ccc(C(F)(F)F)nc3)C1)C2. The molecular weight excluding hydrogens is 387 g/mol. The Morgan fingerprint density at radius 1 is 1.24 bits per heavy atom. The minimum Gasteiger partial charge on any atom is -0.481 e. The van der Waals surface area contributed by atoms with Gasteiger partial charge in [-0.3, -0.25) is 4.79 Å². The van der Waals surface area contributed by atoms with Crippen LogP contribution in [0.5, 0.6) is 5.88 Å². The first kappa shape index (κ1) is 19.4. The first-order chi connectivity index (χ1) is 13.7. The maximum atomic E-state index is 12.7. The van der Waals surface area contributed by atoms with Gasteiger partial charge in [0.05, 0.1) is 43.3 Å². The Morgan fingerprint density at radius 2 is 2.00 bits per heavy atom. The van der Waals surface area contributed by atoms with E-state index in [1.807, 2.05) is 4.90 Å². The molecule has 10 heteroatoms. The number of nitrogens with zero attached hydrogens (tertiary/aromatic N) is 5. The normalized spacial score (nSPS) is 16.6. The van der Waals surface area contributed by atoms with Gasteiger partial charge in [0.2, 0.25) is 11.8 Å². The smallest absolute Gasteiger partial charge is 0.433 e. The second-order valence-corrected chi connectivity index (χ2v) is 7.33. The van der Waals surface area contributed by atoms with Crippen molar-refractivity contribution in [3.05, 3.63) is 41.1 Å². The minimum absolute atomic E-state index is 0.0258. The van der Waals surface area contributed by atoms with Crippen molar-refractivity contribution < 1.29 is 22.7 Å². The van der Waals surface area contributed by atoms with Gasteiger partial charge in [0.25, 0.3) is 0 Å². The summed E-state index contributed by atoms with van der Waals surface area (Å²) in [6.45, 7) is 3.87. The van der Waals surface area contributed by atoms with Crippen LogP contribution in [0.3, 0.4) is 0 Å². The molecule has 0 spiro atoms. The number of aryl methyl sites for hydroxylation is 1. The minimum atomic E-state index is -4.44. The summed E-state index contributed by atoms with van der Waals surface area (Å²) in [7, 11) is 1.55. The fourth-order valence-corrected chi connectivity index (χ4v) is 3.71. The van der Waals surface area contributed by atoms with Crippen LogP contribution in [-0.4, -0.2) is 46.0 Å². The third-order valence-electron chi connectivity index (χ3n) is 5.23. The average molecular weight is 407 g/mol. The summed E-state index contributed by atoms with van der Waals surface area (Å²) in [6.07, 6.45) is -2.83. The molecule has 0 unspecified atom stereocenters. The van der Waals surface area contributed by atoms with Crippen molar-refractivity contribution in [1.82, 2.24) is 19.9 Å². The van der Waals surface area contributed by atoms with Gasteiger partial charge < -0.3 is 14.5 Å². The van der Waals surface area contributed by atoms with Gasteiger partial charge in [0, 0.05) is 25.4 Å². The average Bonchev–Trinajstić information content (AvgIpc) is 3.07. The number of ether oxygens (including phenoxy) is 1. The van der Waals surface area contributed by atoms with Crippen molar-refractivity contribution >= 4 is 11.6 Å². The lowest BCUT2D eigenvalue weighted by Crippen LogP contribution is -2.48. The van der Waals surface area contributed by atoms with E-state index in [2.05, 4.69) is 15.0 Å². The summed E-state index contributed by atoms with van der Waals surface area (Å²) in [5.41, 5.74) is 1.38. The van der Waals surface area contributed by atoms with Crippen molar-refractivity contribution in [2.24, 2.45) is 5.92 Å². The van der Waals surface area contributed by atoms with Gasteiger partial charge in [-0.05, 0) is 19.1 Å². The molecule has 2 aromatic rings. The maximum absolute atomic E-state index is 12.7. The number of anilines is 1. The number of carbonyl (C=O) groups is 1. The number of methoxy groups -OCH3 is 1. The van der Waals surface area contributed by atoms with E-state index < -0.39 is 11.9 Å². The highest BCUT2D eigenvalue weighted by atomic mass is 19.4. The first-order valence-corrected chi connectivity index (χ1v) is 9.21. The first-order valence-electron chi connectivity index (χ1n) is 9.21. The van der Waals surface area contributed by atoms with Crippen molar-refractivity contribution in [2.75, 3.05) is 25.1 Å². The van der Waals surface area contributed by atoms with Crippen LogP contribution in [0.15, 0.2) is 18.3 Å².